The molecule has 1 atom stereocenters. The first-order valence-corrected chi connectivity index (χ1v) is 6.51. The molecule has 0 bridgehead atoms. The zero-order valence-corrected chi connectivity index (χ0v) is 10.9. The molecule has 0 aliphatic heterocycles. The molecule has 1 heteroatoms. The first kappa shape index (κ1) is 13.2. The smallest absolute Gasteiger partial charge is 0.00418 e. The minimum Gasteiger partial charge on any atom is -0.314 e. The fraction of sp³-hybridized carbons (Fsp3) is 0.600. The molecule has 0 fully saturated rings. The molecule has 90 valence electrons. The zero-order chi connectivity index (χ0) is 11.8. The topological polar surface area (TPSA) is 12.0 Å². The maximum atomic E-state index is 3.57. The highest BCUT2D eigenvalue weighted by molar-refractivity contribution is 5.21. The second kappa shape index (κ2) is 7.45. The van der Waals surface area contributed by atoms with Crippen molar-refractivity contribution in [3.63, 3.8) is 0 Å². The third-order valence-electron chi connectivity index (χ3n) is 3.01. The minimum atomic E-state index is 0.632. The monoisotopic (exact) mass is 219 g/mol. The van der Waals surface area contributed by atoms with E-state index in [2.05, 4.69) is 50.4 Å². The van der Waals surface area contributed by atoms with Gasteiger partial charge in [-0.2, -0.15) is 0 Å². The number of hydrogen-bond donors (Lipinski definition) is 1. The van der Waals surface area contributed by atoms with Crippen molar-refractivity contribution >= 4 is 0 Å². The molecule has 0 saturated carbocycles. The van der Waals surface area contributed by atoms with Gasteiger partial charge in [0.1, 0.15) is 0 Å². The van der Waals surface area contributed by atoms with E-state index >= 15 is 0 Å². The Morgan fingerprint density at radius 1 is 1.19 bits per heavy atom. The van der Waals surface area contributed by atoms with Crippen molar-refractivity contribution < 1.29 is 0 Å². The first-order chi connectivity index (χ1) is 7.72. The van der Waals surface area contributed by atoms with Crippen LogP contribution in [0.5, 0.6) is 0 Å². The fourth-order valence-electron chi connectivity index (χ4n) is 1.77. The highest BCUT2D eigenvalue weighted by Gasteiger charge is 2.01. The van der Waals surface area contributed by atoms with Gasteiger partial charge >= 0.3 is 0 Å². The number of aryl methyl sites for hydroxylation is 2. The van der Waals surface area contributed by atoms with Crippen LogP contribution in [0.4, 0.5) is 0 Å². The number of nitrogens with one attached hydrogen (secondary N) is 1. The van der Waals surface area contributed by atoms with Crippen molar-refractivity contribution in [1.82, 2.24) is 5.32 Å². The Morgan fingerprint density at radius 3 is 2.50 bits per heavy atom. The Bertz CT molecular complexity index is 276. The van der Waals surface area contributed by atoms with Crippen LogP contribution in [0.3, 0.4) is 0 Å². The summed E-state index contributed by atoms with van der Waals surface area (Å²) in [7, 11) is 0. The van der Waals surface area contributed by atoms with E-state index in [4.69, 9.17) is 0 Å². The summed E-state index contributed by atoms with van der Waals surface area (Å²) in [6.45, 7) is 7.81. The van der Waals surface area contributed by atoms with Gasteiger partial charge in [-0.25, -0.2) is 0 Å². The highest BCUT2D eigenvalue weighted by Crippen LogP contribution is 2.07. The Morgan fingerprint density at radius 2 is 1.88 bits per heavy atom. The number of unbranched alkanes of at least 4 members (excludes halogenated alkanes) is 1. The van der Waals surface area contributed by atoms with Gasteiger partial charge in [-0.1, -0.05) is 43.2 Å². The predicted octanol–water partition coefficient (Wildman–Crippen LogP) is 3.71. The predicted molar refractivity (Wildman–Crippen MR) is 71.9 cm³/mol. The van der Waals surface area contributed by atoms with Crippen molar-refractivity contribution in [1.29, 1.82) is 0 Å². The lowest BCUT2D eigenvalue weighted by atomic mass is 10.0. The standard InChI is InChI=1S/C15H25N/c1-4-5-12-16-14(3)8-11-15-9-6-13(2)7-10-15/h6-7,9-10,14,16H,4-5,8,11-12H2,1-3H3. The van der Waals surface area contributed by atoms with E-state index in [1.54, 1.807) is 0 Å². The quantitative estimate of drug-likeness (QED) is 0.689. The van der Waals surface area contributed by atoms with Crippen LogP contribution in [0.15, 0.2) is 24.3 Å². The second-order valence-corrected chi connectivity index (χ2v) is 4.73. The molecule has 1 aromatic rings. The van der Waals surface area contributed by atoms with Gasteiger partial charge < -0.3 is 5.32 Å². The Balaban J connectivity index is 2.20. The van der Waals surface area contributed by atoms with Crippen LogP contribution < -0.4 is 5.32 Å². The van der Waals surface area contributed by atoms with E-state index in [9.17, 15) is 0 Å². The highest BCUT2D eigenvalue weighted by atomic mass is 14.9. The fourth-order valence-corrected chi connectivity index (χ4v) is 1.77. The summed E-state index contributed by atoms with van der Waals surface area (Å²) in [4.78, 5) is 0. The van der Waals surface area contributed by atoms with Gasteiger partial charge in [0.2, 0.25) is 0 Å². The van der Waals surface area contributed by atoms with Gasteiger partial charge in [-0.15, -0.1) is 0 Å². The number of benzene rings is 1. The zero-order valence-electron chi connectivity index (χ0n) is 10.9. The van der Waals surface area contributed by atoms with E-state index in [0.717, 1.165) is 6.54 Å². The van der Waals surface area contributed by atoms with Crippen LogP contribution in [0.25, 0.3) is 0 Å². The Kier molecular flexibility index (Phi) is 6.17. The van der Waals surface area contributed by atoms with Gasteiger partial charge in [0.05, 0.1) is 0 Å². The summed E-state index contributed by atoms with van der Waals surface area (Å²) in [6.07, 6.45) is 4.97. The van der Waals surface area contributed by atoms with Crippen LogP contribution >= 0.6 is 0 Å². The molecule has 0 aliphatic carbocycles. The molecule has 0 amide bonds. The van der Waals surface area contributed by atoms with Crippen molar-refractivity contribution in [3.8, 4) is 0 Å². The van der Waals surface area contributed by atoms with Crippen LogP contribution in [-0.2, 0) is 6.42 Å². The van der Waals surface area contributed by atoms with Crippen LogP contribution in [0.2, 0.25) is 0 Å². The summed E-state index contributed by atoms with van der Waals surface area (Å²) in [5.74, 6) is 0. The Hall–Kier alpha value is -0.820. The van der Waals surface area contributed by atoms with Gasteiger partial charge in [0.25, 0.3) is 0 Å². The molecule has 1 nitrogen and oxygen atoms in total. The maximum absolute atomic E-state index is 3.57. The molecule has 0 radical (unpaired) electrons. The molecule has 0 heterocycles. The largest absolute Gasteiger partial charge is 0.314 e. The van der Waals surface area contributed by atoms with Gasteiger partial charge in [0.15, 0.2) is 0 Å². The molecular weight excluding hydrogens is 194 g/mol. The lowest BCUT2D eigenvalue weighted by molar-refractivity contribution is 0.504. The number of rotatable bonds is 7. The van der Waals surface area contributed by atoms with Crippen molar-refractivity contribution in [2.75, 3.05) is 6.54 Å². The average Bonchev–Trinajstić information content (AvgIpc) is 2.29. The second-order valence-electron chi connectivity index (χ2n) is 4.73. The molecule has 1 aromatic carbocycles. The number of hydrogen-bond acceptors (Lipinski definition) is 1. The third kappa shape index (κ3) is 5.32. The van der Waals surface area contributed by atoms with Gasteiger partial charge in [0, 0.05) is 6.04 Å². The van der Waals surface area contributed by atoms with E-state index in [0.29, 0.717) is 6.04 Å². The van der Waals surface area contributed by atoms with E-state index in [1.165, 1.54) is 36.8 Å². The van der Waals surface area contributed by atoms with E-state index in [-0.39, 0.29) is 0 Å². The van der Waals surface area contributed by atoms with Gasteiger partial charge in [-0.3, -0.25) is 0 Å². The summed E-state index contributed by atoms with van der Waals surface area (Å²) in [5.41, 5.74) is 2.80. The summed E-state index contributed by atoms with van der Waals surface area (Å²) >= 11 is 0. The van der Waals surface area contributed by atoms with Crippen molar-refractivity contribution in [3.05, 3.63) is 35.4 Å². The molecular formula is C15H25N. The van der Waals surface area contributed by atoms with E-state index < -0.39 is 0 Å². The normalized spacial score (nSPS) is 12.7. The van der Waals surface area contributed by atoms with Crippen LogP contribution in [0.1, 0.15) is 44.2 Å². The molecule has 0 aromatic heterocycles. The van der Waals surface area contributed by atoms with E-state index in [1.807, 2.05) is 0 Å². The summed E-state index contributed by atoms with van der Waals surface area (Å²) < 4.78 is 0. The van der Waals surface area contributed by atoms with Crippen molar-refractivity contribution in [2.45, 2.75) is 52.5 Å². The Labute approximate surface area is 100 Å². The van der Waals surface area contributed by atoms with Crippen LogP contribution in [-0.4, -0.2) is 12.6 Å². The maximum Gasteiger partial charge on any atom is 0.00418 e. The SMILES string of the molecule is CCCCNC(C)CCc1ccc(C)cc1. The molecule has 1 N–H and O–H groups in total. The molecule has 16 heavy (non-hydrogen) atoms. The van der Waals surface area contributed by atoms with Crippen molar-refractivity contribution in [2.24, 2.45) is 0 Å². The lowest BCUT2D eigenvalue weighted by Gasteiger charge is -2.13. The lowest BCUT2D eigenvalue weighted by Crippen LogP contribution is -2.27. The molecule has 0 spiro atoms. The van der Waals surface area contributed by atoms with Crippen LogP contribution in [0, 0.1) is 6.92 Å². The molecule has 0 saturated heterocycles. The molecule has 0 aliphatic rings. The first-order valence-electron chi connectivity index (χ1n) is 6.51. The molecule has 1 rings (SSSR count). The summed E-state index contributed by atoms with van der Waals surface area (Å²) in [6, 6.07) is 9.52. The average molecular weight is 219 g/mol. The summed E-state index contributed by atoms with van der Waals surface area (Å²) in [5, 5.41) is 3.57. The minimum absolute atomic E-state index is 0.632. The van der Waals surface area contributed by atoms with Gasteiger partial charge in [-0.05, 0) is 45.2 Å². The molecule has 1 unspecified atom stereocenters. The third-order valence-corrected chi connectivity index (χ3v) is 3.01.